The summed E-state index contributed by atoms with van der Waals surface area (Å²) in [4.78, 5) is 0. The van der Waals surface area contributed by atoms with Crippen molar-refractivity contribution in [3.63, 3.8) is 0 Å². The number of rotatable bonds is 7. The van der Waals surface area contributed by atoms with Gasteiger partial charge in [-0.25, -0.2) is 0 Å². The molecule has 144 valence electrons. The Labute approximate surface area is 166 Å². The molecule has 0 spiro atoms. The molecule has 0 bridgehead atoms. The lowest BCUT2D eigenvalue weighted by molar-refractivity contribution is -0.107. The first-order valence-electron chi connectivity index (χ1n) is 9.83. The van der Waals surface area contributed by atoms with E-state index in [4.69, 9.17) is 14.2 Å². The van der Waals surface area contributed by atoms with Crippen molar-refractivity contribution >= 4 is 10.8 Å². The Morgan fingerprint density at radius 2 is 1.75 bits per heavy atom. The van der Waals surface area contributed by atoms with Crippen molar-refractivity contribution in [3.8, 4) is 5.75 Å². The molecule has 1 heterocycles. The van der Waals surface area contributed by atoms with Gasteiger partial charge in [0.1, 0.15) is 12.4 Å². The summed E-state index contributed by atoms with van der Waals surface area (Å²) in [5.41, 5.74) is 1.98. The summed E-state index contributed by atoms with van der Waals surface area (Å²) in [6, 6.07) is 23.1. The van der Waals surface area contributed by atoms with Crippen molar-refractivity contribution in [1.29, 1.82) is 0 Å². The van der Waals surface area contributed by atoms with Gasteiger partial charge in [0, 0.05) is 26.1 Å². The van der Waals surface area contributed by atoms with Gasteiger partial charge < -0.3 is 14.2 Å². The van der Waals surface area contributed by atoms with Crippen LogP contribution in [-0.4, -0.2) is 19.8 Å². The molecular formula is C25H26O3. The smallest absolute Gasteiger partial charge is 0.120 e. The Morgan fingerprint density at radius 1 is 0.929 bits per heavy atom. The topological polar surface area (TPSA) is 27.7 Å². The predicted octanol–water partition coefficient (Wildman–Crippen LogP) is 5.63. The predicted molar refractivity (Wildman–Crippen MR) is 113 cm³/mol. The summed E-state index contributed by atoms with van der Waals surface area (Å²) < 4.78 is 17.9. The van der Waals surface area contributed by atoms with E-state index in [2.05, 4.69) is 61.2 Å². The molecule has 3 aromatic carbocycles. The van der Waals surface area contributed by atoms with Gasteiger partial charge in [0.2, 0.25) is 0 Å². The summed E-state index contributed by atoms with van der Waals surface area (Å²) in [6.07, 6.45) is 3.49. The van der Waals surface area contributed by atoms with Gasteiger partial charge in [0.15, 0.2) is 0 Å². The van der Waals surface area contributed by atoms with Crippen molar-refractivity contribution in [2.24, 2.45) is 0 Å². The SMILES string of the molecule is C=CCOC1(c2cccc(OCc3ccc4ccccc4c3)c2)CCOCC1. The Morgan fingerprint density at radius 3 is 2.57 bits per heavy atom. The number of hydrogen-bond donors (Lipinski definition) is 0. The Bertz CT molecular complexity index is 941. The second-order valence-electron chi connectivity index (χ2n) is 7.20. The molecule has 4 rings (SSSR count). The molecule has 0 radical (unpaired) electrons. The molecule has 0 unspecified atom stereocenters. The van der Waals surface area contributed by atoms with E-state index in [-0.39, 0.29) is 5.60 Å². The van der Waals surface area contributed by atoms with Gasteiger partial charge in [-0.1, -0.05) is 54.6 Å². The summed E-state index contributed by atoms with van der Waals surface area (Å²) in [5, 5.41) is 2.48. The highest BCUT2D eigenvalue weighted by atomic mass is 16.5. The van der Waals surface area contributed by atoms with E-state index in [9.17, 15) is 0 Å². The van der Waals surface area contributed by atoms with Gasteiger partial charge in [-0.15, -0.1) is 6.58 Å². The van der Waals surface area contributed by atoms with E-state index in [0.717, 1.165) is 29.7 Å². The van der Waals surface area contributed by atoms with Crippen LogP contribution in [-0.2, 0) is 21.7 Å². The Balaban J connectivity index is 1.51. The largest absolute Gasteiger partial charge is 0.489 e. The van der Waals surface area contributed by atoms with Crippen molar-refractivity contribution in [2.45, 2.75) is 25.0 Å². The van der Waals surface area contributed by atoms with Crippen LogP contribution in [0.3, 0.4) is 0 Å². The third-order valence-electron chi connectivity index (χ3n) is 5.36. The molecule has 0 aromatic heterocycles. The first kappa shape index (κ1) is 18.7. The molecular weight excluding hydrogens is 348 g/mol. The van der Waals surface area contributed by atoms with E-state index in [1.54, 1.807) is 6.08 Å². The van der Waals surface area contributed by atoms with Gasteiger partial charge in [-0.3, -0.25) is 0 Å². The Hall–Kier alpha value is -2.62. The van der Waals surface area contributed by atoms with Crippen molar-refractivity contribution in [1.82, 2.24) is 0 Å². The van der Waals surface area contributed by atoms with Crippen LogP contribution in [0.2, 0.25) is 0 Å². The average molecular weight is 374 g/mol. The fraction of sp³-hybridized carbons (Fsp3) is 0.280. The molecule has 0 N–H and O–H groups in total. The van der Waals surface area contributed by atoms with Crippen LogP contribution < -0.4 is 4.74 Å². The van der Waals surface area contributed by atoms with Crippen LogP contribution in [0, 0.1) is 0 Å². The minimum Gasteiger partial charge on any atom is -0.489 e. The fourth-order valence-corrected chi connectivity index (χ4v) is 3.80. The van der Waals surface area contributed by atoms with Gasteiger partial charge in [-0.2, -0.15) is 0 Å². The van der Waals surface area contributed by atoms with Crippen LogP contribution in [0.15, 0.2) is 79.4 Å². The minimum atomic E-state index is -0.325. The number of hydrogen-bond acceptors (Lipinski definition) is 3. The molecule has 3 nitrogen and oxygen atoms in total. The zero-order valence-electron chi connectivity index (χ0n) is 16.1. The van der Waals surface area contributed by atoms with Gasteiger partial charge >= 0.3 is 0 Å². The van der Waals surface area contributed by atoms with E-state index in [1.807, 2.05) is 12.1 Å². The van der Waals surface area contributed by atoms with E-state index >= 15 is 0 Å². The highest BCUT2D eigenvalue weighted by Gasteiger charge is 2.35. The molecule has 1 aliphatic heterocycles. The maximum atomic E-state index is 6.22. The highest BCUT2D eigenvalue weighted by Crippen LogP contribution is 2.37. The van der Waals surface area contributed by atoms with Crippen molar-refractivity contribution in [3.05, 3.63) is 90.5 Å². The van der Waals surface area contributed by atoms with Gasteiger partial charge in [0.25, 0.3) is 0 Å². The summed E-state index contributed by atoms with van der Waals surface area (Å²) in [5.74, 6) is 0.860. The van der Waals surface area contributed by atoms with E-state index in [1.165, 1.54) is 10.8 Å². The standard InChI is InChI=1S/C25H26O3/c1-2-14-28-25(12-15-26-16-13-25)23-8-5-9-24(18-23)27-19-20-10-11-21-6-3-4-7-22(21)17-20/h2-11,17-18H,1,12-16,19H2. The zero-order valence-corrected chi connectivity index (χ0v) is 16.1. The average Bonchev–Trinajstić information content (AvgIpc) is 2.77. The van der Waals surface area contributed by atoms with E-state index in [0.29, 0.717) is 26.4 Å². The van der Waals surface area contributed by atoms with E-state index < -0.39 is 0 Å². The lowest BCUT2D eigenvalue weighted by Crippen LogP contribution is -2.36. The highest BCUT2D eigenvalue weighted by molar-refractivity contribution is 5.82. The summed E-state index contributed by atoms with van der Waals surface area (Å²) in [7, 11) is 0. The Kier molecular flexibility index (Phi) is 5.75. The van der Waals surface area contributed by atoms with Gasteiger partial charge in [0.05, 0.1) is 12.2 Å². The fourth-order valence-electron chi connectivity index (χ4n) is 3.80. The first-order valence-corrected chi connectivity index (χ1v) is 9.83. The number of benzene rings is 3. The quantitative estimate of drug-likeness (QED) is 0.502. The number of ether oxygens (including phenoxy) is 3. The third kappa shape index (κ3) is 4.11. The zero-order chi connectivity index (χ0) is 19.2. The van der Waals surface area contributed by atoms with Crippen LogP contribution in [0.25, 0.3) is 10.8 Å². The lowest BCUT2D eigenvalue weighted by atomic mass is 9.86. The minimum absolute atomic E-state index is 0.325. The molecule has 3 heteroatoms. The van der Waals surface area contributed by atoms with Crippen LogP contribution in [0.4, 0.5) is 0 Å². The molecule has 0 amide bonds. The number of fused-ring (bicyclic) bond motifs is 1. The molecule has 28 heavy (non-hydrogen) atoms. The van der Waals surface area contributed by atoms with Crippen LogP contribution >= 0.6 is 0 Å². The molecule has 1 fully saturated rings. The molecule has 3 aromatic rings. The first-order chi connectivity index (χ1) is 13.8. The maximum absolute atomic E-state index is 6.22. The van der Waals surface area contributed by atoms with Gasteiger partial charge in [-0.05, 0) is 40.1 Å². The lowest BCUT2D eigenvalue weighted by Gasteiger charge is -2.37. The third-order valence-corrected chi connectivity index (χ3v) is 5.36. The molecule has 1 aliphatic rings. The normalized spacial score (nSPS) is 16.0. The van der Waals surface area contributed by atoms with Crippen molar-refractivity contribution < 1.29 is 14.2 Å². The maximum Gasteiger partial charge on any atom is 0.120 e. The summed E-state index contributed by atoms with van der Waals surface area (Å²) >= 11 is 0. The second-order valence-corrected chi connectivity index (χ2v) is 7.20. The summed E-state index contributed by atoms with van der Waals surface area (Å²) in [6.45, 7) is 6.28. The second kappa shape index (κ2) is 8.59. The van der Waals surface area contributed by atoms with Crippen LogP contribution in [0.1, 0.15) is 24.0 Å². The van der Waals surface area contributed by atoms with Crippen LogP contribution in [0.5, 0.6) is 5.75 Å². The molecule has 0 saturated carbocycles. The van der Waals surface area contributed by atoms with Crippen molar-refractivity contribution in [2.75, 3.05) is 19.8 Å². The molecule has 1 saturated heterocycles. The monoisotopic (exact) mass is 374 g/mol. The molecule has 0 atom stereocenters. The molecule has 0 aliphatic carbocycles.